The number of rotatable bonds is 5. The molecule has 0 radical (unpaired) electrons. The third-order valence-electron chi connectivity index (χ3n) is 4.43. The Hall–Kier alpha value is -1.45. The van der Waals surface area contributed by atoms with E-state index in [1.54, 1.807) is 12.1 Å². The van der Waals surface area contributed by atoms with Crippen LogP contribution in [0.4, 0.5) is 8.78 Å². The first-order chi connectivity index (χ1) is 10.4. The molecule has 1 aromatic carbocycles. The van der Waals surface area contributed by atoms with Crippen molar-refractivity contribution in [1.82, 2.24) is 0 Å². The number of ether oxygens (including phenoxy) is 1. The Morgan fingerprint density at radius 2 is 1.77 bits per heavy atom. The van der Waals surface area contributed by atoms with Crippen LogP contribution in [0.1, 0.15) is 74.2 Å². The van der Waals surface area contributed by atoms with E-state index >= 15 is 0 Å². The summed E-state index contributed by atoms with van der Waals surface area (Å²) < 4.78 is 29.4. The van der Waals surface area contributed by atoms with Gasteiger partial charge in [-0.05, 0) is 55.2 Å². The molecule has 0 spiro atoms. The summed E-state index contributed by atoms with van der Waals surface area (Å²) in [5.74, 6) is 0.388. The van der Waals surface area contributed by atoms with Gasteiger partial charge >= 0.3 is 12.1 Å². The van der Waals surface area contributed by atoms with Crippen molar-refractivity contribution in [3.63, 3.8) is 0 Å². The lowest BCUT2D eigenvalue weighted by atomic mass is 9.77. The Labute approximate surface area is 130 Å². The fourth-order valence-electron chi connectivity index (χ4n) is 3.31. The van der Waals surface area contributed by atoms with Gasteiger partial charge in [0.2, 0.25) is 0 Å². The molecular weight excluding hydrogens is 286 g/mol. The molecule has 0 saturated heterocycles. The predicted octanol–water partition coefficient (Wildman–Crippen LogP) is 5.53. The van der Waals surface area contributed by atoms with Crippen molar-refractivity contribution in [2.75, 3.05) is 0 Å². The standard InChI is InChI=1S/C18H24F2O2/c1-3-4-13-5-7-14(8-6-13)15-9-11-16(12-10-15)17(21)22-18(2,19)20/h9-14H,3-8H2,1-2H3. The second-order valence-electron chi connectivity index (χ2n) is 6.33. The minimum Gasteiger partial charge on any atom is -0.397 e. The molecule has 22 heavy (non-hydrogen) atoms. The number of carbonyl (C=O) groups is 1. The molecule has 1 saturated carbocycles. The molecule has 0 unspecified atom stereocenters. The SMILES string of the molecule is CCCC1CCC(c2ccc(C(=O)OC(C)(F)F)cc2)CC1. The van der Waals surface area contributed by atoms with E-state index < -0.39 is 12.1 Å². The van der Waals surface area contributed by atoms with Gasteiger partial charge in [-0.2, -0.15) is 8.78 Å². The summed E-state index contributed by atoms with van der Waals surface area (Å²) in [4.78, 5) is 11.6. The van der Waals surface area contributed by atoms with Crippen molar-refractivity contribution >= 4 is 5.97 Å². The molecule has 1 aromatic rings. The highest BCUT2D eigenvalue weighted by molar-refractivity contribution is 5.89. The largest absolute Gasteiger partial charge is 0.397 e. The van der Waals surface area contributed by atoms with E-state index in [0.29, 0.717) is 12.8 Å². The Kier molecular flexibility index (Phi) is 5.54. The third-order valence-corrected chi connectivity index (χ3v) is 4.43. The van der Waals surface area contributed by atoms with Gasteiger partial charge in [0.1, 0.15) is 0 Å². The maximum atomic E-state index is 12.7. The second kappa shape index (κ2) is 7.21. The Balaban J connectivity index is 1.94. The Bertz CT molecular complexity index is 483. The van der Waals surface area contributed by atoms with Crippen molar-refractivity contribution in [3.8, 4) is 0 Å². The highest BCUT2D eigenvalue weighted by atomic mass is 19.3. The topological polar surface area (TPSA) is 26.3 Å². The zero-order chi connectivity index (χ0) is 16.2. The molecule has 0 aliphatic heterocycles. The quantitative estimate of drug-likeness (QED) is 0.668. The number of halogens is 2. The van der Waals surface area contributed by atoms with Crippen LogP contribution in [0.25, 0.3) is 0 Å². The molecule has 2 rings (SSSR count). The zero-order valence-electron chi connectivity index (χ0n) is 13.3. The molecule has 0 bridgehead atoms. The molecule has 1 aliphatic rings. The van der Waals surface area contributed by atoms with Crippen LogP contribution in [-0.2, 0) is 4.74 Å². The summed E-state index contributed by atoms with van der Waals surface area (Å²) in [5, 5.41) is 0. The summed E-state index contributed by atoms with van der Waals surface area (Å²) in [6, 6.07) is 6.91. The van der Waals surface area contributed by atoms with Crippen LogP contribution in [0.2, 0.25) is 0 Å². The Morgan fingerprint density at radius 3 is 2.27 bits per heavy atom. The predicted molar refractivity (Wildman–Crippen MR) is 82.1 cm³/mol. The molecular formula is C18H24F2O2. The maximum absolute atomic E-state index is 12.7. The fourth-order valence-corrected chi connectivity index (χ4v) is 3.31. The van der Waals surface area contributed by atoms with Crippen LogP contribution in [0, 0.1) is 5.92 Å². The molecule has 4 heteroatoms. The number of hydrogen-bond donors (Lipinski definition) is 0. The van der Waals surface area contributed by atoms with Crippen LogP contribution in [0.3, 0.4) is 0 Å². The van der Waals surface area contributed by atoms with E-state index in [2.05, 4.69) is 11.7 Å². The van der Waals surface area contributed by atoms with Crippen molar-refractivity contribution in [1.29, 1.82) is 0 Å². The molecule has 0 atom stereocenters. The maximum Gasteiger partial charge on any atom is 0.397 e. The zero-order valence-corrected chi connectivity index (χ0v) is 13.3. The highest BCUT2D eigenvalue weighted by Crippen LogP contribution is 2.37. The van der Waals surface area contributed by atoms with Crippen LogP contribution in [0.5, 0.6) is 0 Å². The number of esters is 1. The van der Waals surface area contributed by atoms with Crippen LogP contribution in [-0.4, -0.2) is 12.1 Å². The minimum atomic E-state index is -3.44. The summed E-state index contributed by atoms with van der Waals surface area (Å²) >= 11 is 0. The lowest BCUT2D eigenvalue weighted by Gasteiger charge is -2.28. The molecule has 0 N–H and O–H groups in total. The van der Waals surface area contributed by atoms with Gasteiger partial charge in [0, 0.05) is 6.92 Å². The van der Waals surface area contributed by atoms with Crippen molar-refractivity contribution < 1.29 is 18.3 Å². The van der Waals surface area contributed by atoms with Crippen molar-refractivity contribution in [2.45, 2.75) is 64.4 Å². The van der Waals surface area contributed by atoms with Gasteiger partial charge in [-0.1, -0.05) is 31.9 Å². The van der Waals surface area contributed by atoms with E-state index in [4.69, 9.17) is 0 Å². The van der Waals surface area contributed by atoms with Crippen molar-refractivity contribution in [2.24, 2.45) is 5.92 Å². The van der Waals surface area contributed by atoms with Crippen LogP contribution in [0.15, 0.2) is 24.3 Å². The van der Waals surface area contributed by atoms with Gasteiger partial charge in [0.25, 0.3) is 0 Å². The number of alkyl halides is 2. The number of hydrogen-bond acceptors (Lipinski definition) is 2. The first kappa shape index (κ1) is 16.9. The molecule has 1 fully saturated rings. The first-order valence-electron chi connectivity index (χ1n) is 8.10. The smallest absolute Gasteiger partial charge is 0.397 e. The van der Waals surface area contributed by atoms with E-state index in [-0.39, 0.29) is 5.56 Å². The average molecular weight is 310 g/mol. The second-order valence-corrected chi connectivity index (χ2v) is 6.33. The van der Waals surface area contributed by atoms with Gasteiger partial charge < -0.3 is 4.74 Å². The summed E-state index contributed by atoms with van der Waals surface area (Å²) in [6.45, 7) is 2.79. The fraction of sp³-hybridized carbons (Fsp3) is 0.611. The van der Waals surface area contributed by atoms with Gasteiger partial charge in [0.15, 0.2) is 0 Å². The first-order valence-corrected chi connectivity index (χ1v) is 8.10. The molecule has 2 nitrogen and oxygen atoms in total. The highest BCUT2D eigenvalue weighted by Gasteiger charge is 2.27. The van der Waals surface area contributed by atoms with Crippen LogP contribution < -0.4 is 0 Å². The lowest BCUT2D eigenvalue weighted by Crippen LogP contribution is -2.21. The van der Waals surface area contributed by atoms with Gasteiger partial charge in [0.05, 0.1) is 5.56 Å². The summed E-state index contributed by atoms with van der Waals surface area (Å²) in [6.07, 6.45) is 3.96. The summed E-state index contributed by atoms with van der Waals surface area (Å²) in [7, 11) is 0. The normalized spacial score (nSPS) is 22.4. The molecule has 0 amide bonds. The summed E-state index contributed by atoms with van der Waals surface area (Å²) in [5.41, 5.74) is 1.36. The molecule has 1 aliphatic carbocycles. The average Bonchev–Trinajstić information content (AvgIpc) is 2.47. The monoisotopic (exact) mass is 310 g/mol. The minimum absolute atomic E-state index is 0.171. The Morgan fingerprint density at radius 1 is 1.18 bits per heavy atom. The number of benzene rings is 1. The van der Waals surface area contributed by atoms with Crippen molar-refractivity contribution in [3.05, 3.63) is 35.4 Å². The molecule has 0 aromatic heterocycles. The van der Waals surface area contributed by atoms with Crippen LogP contribution >= 0.6 is 0 Å². The van der Waals surface area contributed by atoms with Gasteiger partial charge in [-0.3, -0.25) is 0 Å². The van der Waals surface area contributed by atoms with Gasteiger partial charge in [-0.25, -0.2) is 4.79 Å². The van der Waals surface area contributed by atoms with Gasteiger partial charge in [-0.15, -0.1) is 0 Å². The lowest BCUT2D eigenvalue weighted by molar-refractivity contribution is -0.185. The third kappa shape index (κ3) is 4.79. The number of carbonyl (C=O) groups excluding carboxylic acids is 1. The molecule has 122 valence electrons. The molecule has 0 heterocycles. The van der Waals surface area contributed by atoms with E-state index in [1.165, 1.54) is 44.1 Å². The van der Waals surface area contributed by atoms with E-state index in [0.717, 1.165) is 5.92 Å². The van der Waals surface area contributed by atoms with E-state index in [9.17, 15) is 13.6 Å². The van der Waals surface area contributed by atoms with E-state index in [1.807, 2.05) is 12.1 Å².